The summed E-state index contributed by atoms with van der Waals surface area (Å²) in [7, 11) is -3.74. The molecule has 4 aromatic carbocycles. The van der Waals surface area contributed by atoms with Crippen LogP contribution in [0.5, 0.6) is 0 Å². The Kier molecular flexibility index (Phi) is 6.34. The Morgan fingerprint density at radius 3 is 1.82 bits per heavy atom. The molecule has 0 saturated heterocycles. The second-order valence-electron chi connectivity index (χ2n) is 9.86. The van der Waals surface area contributed by atoms with Crippen molar-refractivity contribution in [3.63, 3.8) is 0 Å². The van der Waals surface area contributed by atoms with Crippen molar-refractivity contribution in [2.75, 3.05) is 0 Å². The second kappa shape index (κ2) is 9.96. The molecule has 188 valence electrons. The van der Waals surface area contributed by atoms with Gasteiger partial charge in [-0.25, -0.2) is 8.42 Å². The summed E-state index contributed by atoms with van der Waals surface area (Å²) in [4.78, 5) is 0.307. The van der Waals surface area contributed by atoms with E-state index in [1.165, 1.54) is 5.56 Å². The summed E-state index contributed by atoms with van der Waals surface area (Å²) in [6, 6.07) is 37.9. The van der Waals surface area contributed by atoms with Gasteiger partial charge < -0.3 is 0 Å². The molecular weight excluding hydrogens is 486 g/mol. The number of fused-ring (bicyclic) bond motifs is 1. The zero-order valence-corrected chi connectivity index (χ0v) is 22.0. The Labute approximate surface area is 225 Å². The molecule has 3 atom stereocenters. The first-order valence-electron chi connectivity index (χ1n) is 12.9. The van der Waals surface area contributed by atoms with Gasteiger partial charge in [0.1, 0.15) is 0 Å². The Morgan fingerprint density at radius 2 is 1.24 bits per heavy atom. The van der Waals surface area contributed by atoms with Crippen LogP contribution < -0.4 is 0 Å². The first-order valence-corrected chi connectivity index (χ1v) is 14.3. The molecule has 1 heterocycles. The first kappa shape index (κ1) is 24.2. The van der Waals surface area contributed by atoms with E-state index in [1.807, 2.05) is 37.3 Å². The molecule has 38 heavy (non-hydrogen) atoms. The Hall–Kier alpha value is -4.15. The summed E-state index contributed by atoms with van der Waals surface area (Å²) in [5.41, 5.74) is 6.73. The maximum atomic E-state index is 13.9. The molecule has 0 saturated carbocycles. The number of sulfonamides is 1. The van der Waals surface area contributed by atoms with Crippen molar-refractivity contribution in [2.24, 2.45) is 5.92 Å². The largest absolute Gasteiger partial charge is 0.266 e. The van der Waals surface area contributed by atoms with Crippen LogP contribution in [-0.4, -0.2) is 18.8 Å². The van der Waals surface area contributed by atoms with Gasteiger partial charge in [-0.05, 0) is 46.9 Å². The average Bonchev–Trinajstić information content (AvgIpc) is 3.39. The SMILES string of the molecule is Cc1ccc(S(=O)(=O)N2C=C[C@@H](c3ccccc3)[C@H]3C(=C(c4ccccc4)c4ccccc4)C=C[C@H]32)cc1. The summed E-state index contributed by atoms with van der Waals surface area (Å²) < 4.78 is 29.4. The molecule has 3 nitrogen and oxygen atoms in total. The Balaban J connectivity index is 1.55. The Bertz CT molecular complexity index is 1580. The molecule has 0 fully saturated rings. The van der Waals surface area contributed by atoms with Crippen LogP contribution in [0.25, 0.3) is 5.57 Å². The fourth-order valence-corrected chi connectivity index (χ4v) is 7.16. The maximum Gasteiger partial charge on any atom is 0.264 e. The molecule has 0 bridgehead atoms. The van der Waals surface area contributed by atoms with E-state index in [1.54, 1.807) is 22.6 Å². The van der Waals surface area contributed by atoms with E-state index in [0.717, 1.165) is 27.8 Å². The highest BCUT2D eigenvalue weighted by Crippen LogP contribution is 2.48. The smallest absolute Gasteiger partial charge is 0.264 e. The van der Waals surface area contributed by atoms with E-state index < -0.39 is 10.0 Å². The minimum atomic E-state index is -3.74. The summed E-state index contributed by atoms with van der Waals surface area (Å²) >= 11 is 0. The third kappa shape index (κ3) is 4.31. The number of benzene rings is 4. The van der Waals surface area contributed by atoms with Crippen molar-refractivity contribution in [3.05, 3.63) is 168 Å². The van der Waals surface area contributed by atoms with Crippen LogP contribution in [0.3, 0.4) is 0 Å². The summed E-state index contributed by atoms with van der Waals surface area (Å²) in [5.74, 6) is -0.0591. The molecule has 0 spiro atoms. The van der Waals surface area contributed by atoms with Crippen molar-refractivity contribution in [1.82, 2.24) is 4.31 Å². The van der Waals surface area contributed by atoms with Gasteiger partial charge in [-0.3, -0.25) is 4.31 Å². The van der Waals surface area contributed by atoms with Gasteiger partial charge >= 0.3 is 0 Å². The third-order valence-electron chi connectivity index (χ3n) is 7.52. The van der Waals surface area contributed by atoms with Crippen LogP contribution in [0, 0.1) is 12.8 Å². The highest BCUT2D eigenvalue weighted by Gasteiger charge is 2.44. The zero-order chi connectivity index (χ0) is 26.1. The number of aryl methyl sites for hydroxylation is 1. The lowest BCUT2D eigenvalue weighted by atomic mass is 9.75. The van der Waals surface area contributed by atoms with E-state index >= 15 is 0 Å². The van der Waals surface area contributed by atoms with E-state index in [-0.39, 0.29) is 17.9 Å². The topological polar surface area (TPSA) is 37.4 Å². The number of allylic oxidation sites excluding steroid dienone is 2. The first-order chi connectivity index (χ1) is 18.5. The van der Waals surface area contributed by atoms with Gasteiger partial charge in [-0.1, -0.05) is 127 Å². The molecule has 1 aliphatic carbocycles. The standard InChI is InChI=1S/C34H29NO2S/c1-25-17-19-29(20-18-25)38(36,37)35-24-23-30(26-11-5-2-6-12-26)34-31(21-22-32(34)35)33(27-13-7-3-8-14-27)28-15-9-4-10-16-28/h2-24,30,32,34H,1H3/t30-,32+,34-/m0/s1. The van der Waals surface area contributed by atoms with Gasteiger partial charge in [0, 0.05) is 18.0 Å². The fraction of sp³-hybridized carbons (Fsp3) is 0.118. The van der Waals surface area contributed by atoms with Gasteiger partial charge in [0.25, 0.3) is 10.0 Å². The molecular formula is C34H29NO2S. The lowest BCUT2D eigenvalue weighted by Gasteiger charge is -2.39. The molecule has 0 radical (unpaired) electrons. The number of rotatable bonds is 5. The van der Waals surface area contributed by atoms with Gasteiger partial charge in [-0.15, -0.1) is 0 Å². The van der Waals surface area contributed by atoms with E-state index in [4.69, 9.17) is 0 Å². The van der Waals surface area contributed by atoms with E-state index in [2.05, 4.69) is 91.0 Å². The van der Waals surface area contributed by atoms with Crippen LogP contribution in [0.4, 0.5) is 0 Å². The molecule has 6 rings (SSSR count). The molecule has 4 heteroatoms. The fourth-order valence-electron chi connectivity index (χ4n) is 5.69. The maximum absolute atomic E-state index is 13.9. The van der Waals surface area contributed by atoms with Crippen LogP contribution in [0.2, 0.25) is 0 Å². The van der Waals surface area contributed by atoms with Crippen molar-refractivity contribution in [1.29, 1.82) is 0 Å². The van der Waals surface area contributed by atoms with Crippen molar-refractivity contribution < 1.29 is 8.42 Å². The third-order valence-corrected chi connectivity index (χ3v) is 9.30. The van der Waals surface area contributed by atoms with Crippen LogP contribution in [0.1, 0.15) is 28.2 Å². The predicted molar refractivity (Wildman–Crippen MR) is 154 cm³/mol. The van der Waals surface area contributed by atoms with Crippen molar-refractivity contribution in [3.8, 4) is 0 Å². The van der Waals surface area contributed by atoms with Crippen molar-refractivity contribution in [2.45, 2.75) is 23.8 Å². The predicted octanol–water partition coefficient (Wildman–Crippen LogP) is 7.35. The normalized spacial score (nSPS) is 20.4. The van der Waals surface area contributed by atoms with E-state index in [0.29, 0.717) is 4.90 Å². The van der Waals surface area contributed by atoms with Crippen LogP contribution in [0.15, 0.2) is 150 Å². The molecule has 0 N–H and O–H groups in total. The van der Waals surface area contributed by atoms with Crippen LogP contribution >= 0.6 is 0 Å². The minimum Gasteiger partial charge on any atom is -0.266 e. The molecule has 1 aliphatic heterocycles. The molecule has 4 aromatic rings. The summed E-state index contributed by atoms with van der Waals surface area (Å²) in [6.45, 7) is 1.96. The summed E-state index contributed by atoms with van der Waals surface area (Å²) in [5, 5.41) is 0. The van der Waals surface area contributed by atoms with Gasteiger partial charge in [-0.2, -0.15) is 0 Å². The second-order valence-corrected chi connectivity index (χ2v) is 11.7. The molecule has 0 aromatic heterocycles. The van der Waals surface area contributed by atoms with Crippen molar-refractivity contribution >= 4 is 15.6 Å². The van der Waals surface area contributed by atoms with E-state index in [9.17, 15) is 8.42 Å². The summed E-state index contributed by atoms with van der Waals surface area (Å²) in [6.07, 6.45) is 8.04. The highest BCUT2D eigenvalue weighted by atomic mass is 32.2. The number of nitrogens with zero attached hydrogens (tertiary/aromatic N) is 1. The zero-order valence-electron chi connectivity index (χ0n) is 21.2. The van der Waals surface area contributed by atoms with Gasteiger partial charge in [0.2, 0.25) is 0 Å². The number of hydrogen-bond acceptors (Lipinski definition) is 2. The quantitative estimate of drug-likeness (QED) is 0.279. The molecule has 0 amide bonds. The molecule has 0 unspecified atom stereocenters. The van der Waals surface area contributed by atoms with Gasteiger partial charge in [0.05, 0.1) is 10.9 Å². The average molecular weight is 516 g/mol. The van der Waals surface area contributed by atoms with Crippen LogP contribution in [-0.2, 0) is 10.0 Å². The lowest BCUT2D eigenvalue weighted by Crippen LogP contribution is -2.43. The minimum absolute atomic E-state index is 0.0260. The monoisotopic (exact) mass is 515 g/mol. The molecule has 2 aliphatic rings. The Morgan fingerprint density at radius 1 is 0.684 bits per heavy atom. The highest BCUT2D eigenvalue weighted by molar-refractivity contribution is 7.89. The lowest BCUT2D eigenvalue weighted by molar-refractivity contribution is 0.340. The number of hydrogen-bond donors (Lipinski definition) is 0. The van der Waals surface area contributed by atoms with Gasteiger partial charge in [0.15, 0.2) is 0 Å².